The SMILES string of the molecule is C=CCCc1ccccc1[C@H]([Se]c1ccccc1)[C@@H](C)[N+](=O)[O-]. The van der Waals surface area contributed by atoms with Gasteiger partial charge < -0.3 is 0 Å². The molecule has 0 heterocycles. The van der Waals surface area contributed by atoms with Crippen LogP contribution in [0.25, 0.3) is 0 Å². The van der Waals surface area contributed by atoms with Crippen molar-refractivity contribution in [3.63, 3.8) is 0 Å². The van der Waals surface area contributed by atoms with Gasteiger partial charge in [0.05, 0.1) is 0 Å². The molecule has 0 saturated carbocycles. The molecular formula is C19H21NO2Se. The van der Waals surface area contributed by atoms with Gasteiger partial charge in [-0.25, -0.2) is 0 Å². The van der Waals surface area contributed by atoms with Crippen LogP contribution >= 0.6 is 0 Å². The van der Waals surface area contributed by atoms with Crippen molar-refractivity contribution >= 4 is 19.4 Å². The molecule has 2 atom stereocenters. The van der Waals surface area contributed by atoms with Gasteiger partial charge in [0.25, 0.3) is 0 Å². The van der Waals surface area contributed by atoms with Crippen LogP contribution in [0, 0.1) is 10.1 Å². The Balaban J connectivity index is 2.37. The van der Waals surface area contributed by atoms with Crippen molar-refractivity contribution in [2.24, 2.45) is 0 Å². The fourth-order valence-electron chi connectivity index (χ4n) is 2.48. The van der Waals surface area contributed by atoms with E-state index in [1.54, 1.807) is 6.92 Å². The molecule has 0 radical (unpaired) electrons. The van der Waals surface area contributed by atoms with Crippen molar-refractivity contribution in [1.82, 2.24) is 0 Å². The molecule has 2 aromatic rings. The fourth-order valence-corrected chi connectivity index (χ4v) is 5.12. The standard InChI is InChI=1S/C19H21NO2Se/c1-3-4-10-16-11-8-9-14-18(16)19(15(2)20(21)22)23-17-12-6-5-7-13-17/h3,5-9,11-15,19H,1,4,10H2,2H3/t15-,19-/m1/s1. The van der Waals surface area contributed by atoms with Gasteiger partial charge in [0.1, 0.15) is 0 Å². The predicted octanol–water partition coefficient (Wildman–Crippen LogP) is 3.54. The fraction of sp³-hybridized carbons (Fsp3) is 0.263. The molecule has 23 heavy (non-hydrogen) atoms. The number of hydrogen-bond acceptors (Lipinski definition) is 2. The zero-order chi connectivity index (χ0) is 16.7. The van der Waals surface area contributed by atoms with E-state index in [-0.39, 0.29) is 24.7 Å². The molecule has 0 N–H and O–H groups in total. The minimum atomic E-state index is -0.597. The number of allylic oxidation sites excluding steroid dienone is 1. The van der Waals surface area contributed by atoms with Gasteiger partial charge in [-0.15, -0.1) is 0 Å². The first-order chi connectivity index (χ1) is 11.1. The third kappa shape index (κ3) is 4.78. The average molecular weight is 374 g/mol. The van der Waals surface area contributed by atoms with Gasteiger partial charge in [-0.2, -0.15) is 0 Å². The molecule has 0 aliphatic rings. The van der Waals surface area contributed by atoms with Crippen LogP contribution in [0.2, 0.25) is 0 Å². The maximum atomic E-state index is 11.4. The van der Waals surface area contributed by atoms with Crippen molar-refractivity contribution in [3.05, 3.63) is 88.5 Å². The first kappa shape index (κ1) is 17.5. The van der Waals surface area contributed by atoms with Gasteiger partial charge in [-0.3, -0.25) is 0 Å². The topological polar surface area (TPSA) is 43.1 Å². The Bertz CT molecular complexity index is 657. The van der Waals surface area contributed by atoms with E-state index in [0.717, 1.165) is 18.4 Å². The summed E-state index contributed by atoms with van der Waals surface area (Å²) in [6.45, 7) is 5.50. The van der Waals surface area contributed by atoms with E-state index in [4.69, 9.17) is 0 Å². The van der Waals surface area contributed by atoms with Crippen molar-refractivity contribution in [2.45, 2.75) is 30.6 Å². The van der Waals surface area contributed by atoms with Crippen molar-refractivity contribution in [1.29, 1.82) is 0 Å². The summed E-state index contributed by atoms with van der Waals surface area (Å²) in [5, 5.41) is 11.4. The second-order valence-electron chi connectivity index (χ2n) is 5.40. The number of nitro groups is 1. The summed E-state index contributed by atoms with van der Waals surface area (Å²) in [7, 11) is 0. The number of aryl methyl sites for hydroxylation is 1. The third-order valence-electron chi connectivity index (χ3n) is 3.76. The summed E-state index contributed by atoms with van der Waals surface area (Å²) in [5.74, 6) is 0. The first-order valence-electron chi connectivity index (χ1n) is 7.67. The summed E-state index contributed by atoms with van der Waals surface area (Å²) in [6, 6.07) is 17.6. The molecule has 0 aliphatic heterocycles. The molecular weight excluding hydrogens is 353 g/mol. The van der Waals surface area contributed by atoms with Crippen LogP contribution in [-0.2, 0) is 6.42 Å². The second-order valence-corrected chi connectivity index (χ2v) is 7.95. The normalized spacial score (nSPS) is 13.3. The second kappa shape index (κ2) is 8.66. The zero-order valence-electron chi connectivity index (χ0n) is 13.2. The Hall–Kier alpha value is -1.90. The monoisotopic (exact) mass is 375 g/mol. The molecule has 0 fully saturated rings. The number of nitrogens with zero attached hydrogens (tertiary/aromatic N) is 1. The van der Waals surface area contributed by atoms with Crippen LogP contribution in [0.15, 0.2) is 67.3 Å². The molecule has 0 unspecified atom stereocenters. The first-order valence-corrected chi connectivity index (χ1v) is 9.52. The van der Waals surface area contributed by atoms with E-state index in [1.165, 1.54) is 10.0 Å². The van der Waals surface area contributed by atoms with E-state index in [2.05, 4.69) is 24.8 Å². The van der Waals surface area contributed by atoms with Gasteiger partial charge in [-0.1, -0.05) is 0 Å². The van der Waals surface area contributed by atoms with Gasteiger partial charge in [0.15, 0.2) is 0 Å². The Morgan fingerprint density at radius 1 is 1.17 bits per heavy atom. The molecule has 0 bridgehead atoms. The molecule has 2 rings (SSSR count). The molecule has 3 nitrogen and oxygen atoms in total. The Morgan fingerprint density at radius 3 is 2.48 bits per heavy atom. The number of benzene rings is 2. The van der Waals surface area contributed by atoms with Gasteiger partial charge in [0.2, 0.25) is 0 Å². The average Bonchev–Trinajstić information content (AvgIpc) is 2.58. The van der Waals surface area contributed by atoms with Crippen LogP contribution in [-0.4, -0.2) is 25.9 Å². The summed E-state index contributed by atoms with van der Waals surface area (Å²) >= 11 is 0.0119. The van der Waals surface area contributed by atoms with Crippen LogP contribution in [0.5, 0.6) is 0 Å². The van der Waals surface area contributed by atoms with Crippen molar-refractivity contribution in [2.75, 3.05) is 0 Å². The van der Waals surface area contributed by atoms with Crippen LogP contribution in [0.4, 0.5) is 0 Å². The molecule has 4 heteroatoms. The Morgan fingerprint density at radius 2 is 1.83 bits per heavy atom. The number of hydrogen-bond donors (Lipinski definition) is 0. The van der Waals surface area contributed by atoms with E-state index in [9.17, 15) is 10.1 Å². The van der Waals surface area contributed by atoms with E-state index in [0.29, 0.717) is 0 Å². The third-order valence-corrected chi connectivity index (χ3v) is 6.79. The Labute approximate surface area is 143 Å². The van der Waals surface area contributed by atoms with E-state index in [1.807, 2.05) is 42.5 Å². The minimum absolute atomic E-state index is 0.0119. The number of rotatable bonds is 8. The quantitative estimate of drug-likeness (QED) is 0.307. The molecule has 0 amide bonds. The van der Waals surface area contributed by atoms with Gasteiger partial charge in [0, 0.05) is 0 Å². The summed E-state index contributed by atoms with van der Waals surface area (Å²) < 4.78 is 1.19. The Kier molecular flexibility index (Phi) is 6.57. The predicted molar refractivity (Wildman–Crippen MR) is 96.0 cm³/mol. The molecule has 0 saturated heterocycles. The molecule has 0 aliphatic carbocycles. The molecule has 0 aromatic heterocycles. The van der Waals surface area contributed by atoms with E-state index >= 15 is 0 Å². The summed E-state index contributed by atoms with van der Waals surface area (Å²) in [5.41, 5.74) is 2.31. The summed E-state index contributed by atoms with van der Waals surface area (Å²) in [4.78, 5) is 11.2. The van der Waals surface area contributed by atoms with Crippen molar-refractivity contribution < 1.29 is 4.92 Å². The van der Waals surface area contributed by atoms with E-state index < -0.39 is 6.04 Å². The van der Waals surface area contributed by atoms with Crippen molar-refractivity contribution in [3.8, 4) is 0 Å². The molecule has 0 spiro atoms. The van der Waals surface area contributed by atoms with Crippen LogP contribution < -0.4 is 4.46 Å². The van der Waals surface area contributed by atoms with Crippen LogP contribution in [0.1, 0.15) is 29.3 Å². The molecule has 120 valence electrons. The van der Waals surface area contributed by atoms with Gasteiger partial charge in [-0.05, 0) is 0 Å². The molecule has 2 aromatic carbocycles. The van der Waals surface area contributed by atoms with Crippen LogP contribution in [0.3, 0.4) is 0 Å². The van der Waals surface area contributed by atoms with Gasteiger partial charge >= 0.3 is 143 Å². The maximum absolute atomic E-state index is 11.4. The summed E-state index contributed by atoms with van der Waals surface area (Å²) in [6.07, 6.45) is 3.66. The zero-order valence-corrected chi connectivity index (χ0v) is 14.9.